The molecule has 2 aromatic carbocycles. The van der Waals surface area contributed by atoms with E-state index in [1.165, 1.54) is 37.4 Å². The first-order chi connectivity index (χ1) is 14.0. The van der Waals surface area contributed by atoms with Crippen LogP contribution < -0.4 is 20.3 Å². The monoisotopic (exact) mass is 396 g/mol. The smallest absolute Gasteiger partial charge is 0.254 e. The number of aryl methyl sites for hydroxylation is 1. The molecule has 0 aliphatic heterocycles. The number of benzene rings is 2. The van der Waals surface area contributed by atoms with Crippen LogP contribution in [0, 0.1) is 12.7 Å². The molecule has 1 N–H and O–H groups in total. The van der Waals surface area contributed by atoms with Gasteiger partial charge in [-0.05, 0) is 55.5 Å². The van der Waals surface area contributed by atoms with Gasteiger partial charge in [0.05, 0.1) is 7.11 Å². The minimum atomic E-state index is -0.350. The number of amides is 1. The topological polar surface area (TPSA) is 69.6 Å². The summed E-state index contributed by atoms with van der Waals surface area (Å²) in [5, 5.41) is 2.79. The first-order valence-corrected chi connectivity index (χ1v) is 9.03. The molecule has 1 heterocycles. The SMILES string of the molecule is COc1cc(C)n(CCNC(=O)c2cccc(Oc3ccc(F)cc3)c2)c(=O)c1. The number of nitrogens with one attached hydrogen (secondary N) is 1. The fourth-order valence-corrected chi connectivity index (χ4v) is 2.83. The average Bonchev–Trinajstić information content (AvgIpc) is 2.71. The molecule has 1 amide bonds. The van der Waals surface area contributed by atoms with Crippen LogP contribution in [0.15, 0.2) is 65.5 Å². The number of rotatable bonds is 7. The van der Waals surface area contributed by atoms with Crippen molar-refractivity contribution < 1.29 is 18.7 Å². The Labute approximate surface area is 167 Å². The van der Waals surface area contributed by atoms with Gasteiger partial charge in [0.15, 0.2) is 0 Å². The van der Waals surface area contributed by atoms with Crippen molar-refractivity contribution in [2.24, 2.45) is 0 Å². The van der Waals surface area contributed by atoms with Gasteiger partial charge in [-0.25, -0.2) is 4.39 Å². The summed E-state index contributed by atoms with van der Waals surface area (Å²) in [6, 6.07) is 15.5. The van der Waals surface area contributed by atoms with Crippen LogP contribution >= 0.6 is 0 Å². The van der Waals surface area contributed by atoms with Gasteiger partial charge in [-0.3, -0.25) is 9.59 Å². The quantitative estimate of drug-likeness (QED) is 0.663. The Balaban J connectivity index is 1.61. The van der Waals surface area contributed by atoms with Crippen LogP contribution in [0.5, 0.6) is 17.2 Å². The fraction of sp³-hybridized carbons (Fsp3) is 0.182. The third-order valence-corrected chi connectivity index (χ3v) is 4.31. The van der Waals surface area contributed by atoms with Gasteiger partial charge in [0, 0.05) is 30.4 Å². The molecule has 0 fully saturated rings. The van der Waals surface area contributed by atoms with Gasteiger partial charge in [0.25, 0.3) is 11.5 Å². The first-order valence-electron chi connectivity index (χ1n) is 9.03. The van der Waals surface area contributed by atoms with E-state index in [-0.39, 0.29) is 23.8 Å². The van der Waals surface area contributed by atoms with E-state index < -0.39 is 0 Å². The first kappa shape index (κ1) is 20.1. The van der Waals surface area contributed by atoms with E-state index in [9.17, 15) is 14.0 Å². The Hall–Kier alpha value is -3.61. The van der Waals surface area contributed by atoms with Crippen LogP contribution in [-0.2, 0) is 6.54 Å². The zero-order valence-electron chi connectivity index (χ0n) is 16.1. The maximum absolute atomic E-state index is 13.0. The maximum Gasteiger partial charge on any atom is 0.254 e. The van der Waals surface area contributed by atoms with E-state index in [1.807, 2.05) is 6.92 Å². The van der Waals surface area contributed by atoms with Crippen LogP contribution in [0.4, 0.5) is 4.39 Å². The second kappa shape index (κ2) is 9.05. The van der Waals surface area contributed by atoms with Crippen molar-refractivity contribution in [1.29, 1.82) is 0 Å². The van der Waals surface area contributed by atoms with E-state index in [0.29, 0.717) is 29.4 Å². The van der Waals surface area contributed by atoms with Crippen molar-refractivity contribution >= 4 is 5.91 Å². The van der Waals surface area contributed by atoms with Crippen LogP contribution in [0.2, 0.25) is 0 Å². The van der Waals surface area contributed by atoms with Crippen LogP contribution in [-0.4, -0.2) is 24.1 Å². The average molecular weight is 396 g/mol. The molecule has 0 atom stereocenters. The molecule has 7 heteroatoms. The number of halogens is 1. The standard InChI is InChI=1S/C22H21FN2O4/c1-15-12-20(28-2)14-21(26)25(15)11-10-24-22(27)16-4-3-5-19(13-16)29-18-8-6-17(23)7-9-18/h3-9,12-14H,10-11H2,1-2H3,(H,24,27). The van der Waals surface area contributed by atoms with Crippen molar-refractivity contribution in [1.82, 2.24) is 9.88 Å². The minimum absolute atomic E-state index is 0.189. The lowest BCUT2D eigenvalue weighted by Gasteiger charge is -2.12. The summed E-state index contributed by atoms with van der Waals surface area (Å²) < 4.78 is 25.3. The molecule has 29 heavy (non-hydrogen) atoms. The van der Waals surface area contributed by atoms with Gasteiger partial charge < -0.3 is 19.4 Å². The Kier molecular flexibility index (Phi) is 6.29. The minimum Gasteiger partial charge on any atom is -0.496 e. The number of aromatic nitrogens is 1. The molecule has 0 saturated heterocycles. The zero-order valence-corrected chi connectivity index (χ0v) is 16.1. The van der Waals surface area contributed by atoms with Gasteiger partial charge in [-0.15, -0.1) is 0 Å². The van der Waals surface area contributed by atoms with E-state index >= 15 is 0 Å². The third-order valence-electron chi connectivity index (χ3n) is 4.31. The lowest BCUT2D eigenvalue weighted by Crippen LogP contribution is -2.31. The highest BCUT2D eigenvalue weighted by molar-refractivity contribution is 5.94. The van der Waals surface area contributed by atoms with Crippen molar-refractivity contribution in [3.05, 3.63) is 88.1 Å². The van der Waals surface area contributed by atoms with Crippen LogP contribution in [0.1, 0.15) is 16.1 Å². The highest BCUT2D eigenvalue weighted by Gasteiger charge is 2.09. The number of carbonyl (C=O) groups excluding carboxylic acids is 1. The van der Waals surface area contributed by atoms with E-state index in [2.05, 4.69) is 5.32 Å². The number of hydrogen-bond donors (Lipinski definition) is 1. The largest absolute Gasteiger partial charge is 0.496 e. The Morgan fingerprint density at radius 2 is 1.79 bits per heavy atom. The van der Waals surface area contributed by atoms with E-state index in [1.54, 1.807) is 34.9 Å². The summed E-state index contributed by atoms with van der Waals surface area (Å²) in [5.41, 5.74) is 0.979. The molecular weight excluding hydrogens is 375 g/mol. The number of pyridine rings is 1. The van der Waals surface area contributed by atoms with Crippen molar-refractivity contribution in [2.75, 3.05) is 13.7 Å². The summed E-state index contributed by atoms with van der Waals surface area (Å²) in [7, 11) is 1.51. The molecule has 0 bridgehead atoms. The Morgan fingerprint density at radius 1 is 1.03 bits per heavy atom. The number of hydrogen-bond acceptors (Lipinski definition) is 4. The van der Waals surface area contributed by atoms with Crippen molar-refractivity contribution in [2.45, 2.75) is 13.5 Å². The van der Waals surface area contributed by atoms with E-state index in [0.717, 1.165) is 5.69 Å². The predicted molar refractivity (Wildman–Crippen MR) is 107 cm³/mol. The lowest BCUT2D eigenvalue weighted by atomic mass is 10.2. The third kappa shape index (κ3) is 5.22. The number of carbonyl (C=O) groups is 1. The molecule has 1 aromatic heterocycles. The normalized spacial score (nSPS) is 10.4. The number of ether oxygens (including phenoxy) is 2. The highest BCUT2D eigenvalue weighted by atomic mass is 19.1. The van der Waals surface area contributed by atoms with Gasteiger partial charge in [-0.1, -0.05) is 6.07 Å². The van der Waals surface area contributed by atoms with Gasteiger partial charge >= 0.3 is 0 Å². The predicted octanol–water partition coefficient (Wildman–Crippen LogP) is 3.53. The van der Waals surface area contributed by atoms with Gasteiger partial charge in [0.1, 0.15) is 23.1 Å². The lowest BCUT2D eigenvalue weighted by molar-refractivity contribution is 0.0951. The molecule has 0 spiro atoms. The van der Waals surface area contributed by atoms with Crippen molar-refractivity contribution in [3.63, 3.8) is 0 Å². The number of nitrogens with zero attached hydrogens (tertiary/aromatic N) is 1. The maximum atomic E-state index is 13.0. The number of methoxy groups -OCH3 is 1. The van der Waals surface area contributed by atoms with Crippen LogP contribution in [0.25, 0.3) is 0 Å². The Morgan fingerprint density at radius 3 is 2.48 bits per heavy atom. The second-order valence-electron chi connectivity index (χ2n) is 6.37. The Bertz CT molecular complexity index is 1060. The molecule has 3 rings (SSSR count). The summed E-state index contributed by atoms with van der Waals surface area (Å²) in [4.78, 5) is 24.6. The molecule has 150 valence electrons. The summed E-state index contributed by atoms with van der Waals surface area (Å²) in [6.45, 7) is 2.43. The molecule has 0 radical (unpaired) electrons. The summed E-state index contributed by atoms with van der Waals surface area (Å²) in [6.07, 6.45) is 0. The van der Waals surface area contributed by atoms with Crippen molar-refractivity contribution in [3.8, 4) is 17.2 Å². The molecule has 0 aliphatic rings. The molecule has 0 unspecified atom stereocenters. The van der Waals surface area contributed by atoms with Crippen LogP contribution in [0.3, 0.4) is 0 Å². The molecule has 0 saturated carbocycles. The summed E-state index contributed by atoms with van der Waals surface area (Å²) >= 11 is 0. The zero-order chi connectivity index (χ0) is 20.8. The van der Waals surface area contributed by atoms with Gasteiger partial charge in [0.2, 0.25) is 0 Å². The molecule has 0 aliphatic carbocycles. The molecule has 6 nitrogen and oxygen atoms in total. The highest BCUT2D eigenvalue weighted by Crippen LogP contribution is 2.22. The van der Waals surface area contributed by atoms with E-state index in [4.69, 9.17) is 9.47 Å². The molecule has 3 aromatic rings. The summed E-state index contributed by atoms with van der Waals surface area (Å²) in [5.74, 6) is 0.806. The molecular formula is C22H21FN2O4. The van der Waals surface area contributed by atoms with Gasteiger partial charge in [-0.2, -0.15) is 0 Å². The second-order valence-corrected chi connectivity index (χ2v) is 6.37. The fourth-order valence-electron chi connectivity index (χ4n) is 2.83.